The summed E-state index contributed by atoms with van der Waals surface area (Å²) in [6.45, 7) is 4.53. The Bertz CT molecular complexity index is 70.5. The Hall–Kier alpha value is 0.0649. The summed E-state index contributed by atoms with van der Waals surface area (Å²) in [6.07, 6.45) is 2.57. The average Bonchev–Trinajstić information content (AvgIpc) is 1.85. The van der Waals surface area contributed by atoms with E-state index in [9.17, 15) is 0 Å². The fourth-order valence-corrected chi connectivity index (χ4v) is 1.60. The van der Waals surface area contributed by atoms with Crippen molar-refractivity contribution in [3.8, 4) is 0 Å². The van der Waals surface area contributed by atoms with Crippen molar-refractivity contribution in [3.63, 3.8) is 0 Å². The van der Waals surface area contributed by atoms with E-state index in [4.69, 9.17) is 7.85 Å². The molecule has 0 amide bonds. The van der Waals surface area contributed by atoms with Gasteiger partial charge in [0.05, 0.1) is 7.85 Å². The molecule has 1 aliphatic rings. The molecule has 1 rings (SSSR count). The number of hydrogen-bond acceptors (Lipinski definition) is 0. The monoisotopic (exact) mass is 108 g/mol. The summed E-state index contributed by atoms with van der Waals surface area (Å²) in [4.78, 5) is 0. The fraction of sp³-hybridized carbons (Fsp3) is 1.00. The second-order valence-electron chi connectivity index (χ2n) is 3.22. The van der Waals surface area contributed by atoms with Gasteiger partial charge >= 0.3 is 0 Å². The largest absolute Gasteiger partial charge is 0.0746 e. The van der Waals surface area contributed by atoms with E-state index in [1.807, 2.05) is 0 Å². The van der Waals surface area contributed by atoms with Gasteiger partial charge in [-0.25, -0.2) is 0 Å². The van der Waals surface area contributed by atoms with E-state index in [1.54, 1.807) is 0 Å². The summed E-state index contributed by atoms with van der Waals surface area (Å²) in [5.74, 6) is 2.13. The maximum absolute atomic E-state index is 5.77. The molecule has 8 heavy (non-hydrogen) atoms. The highest BCUT2D eigenvalue weighted by Gasteiger charge is 2.23. The van der Waals surface area contributed by atoms with Crippen molar-refractivity contribution in [1.82, 2.24) is 0 Å². The van der Waals surface area contributed by atoms with Crippen LogP contribution in [0.2, 0.25) is 5.82 Å². The van der Waals surface area contributed by atoms with E-state index in [-0.39, 0.29) is 0 Å². The first kappa shape index (κ1) is 6.19. The van der Waals surface area contributed by atoms with E-state index < -0.39 is 0 Å². The summed E-state index contributed by atoms with van der Waals surface area (Å²) >= 11 is 0. The van der Waals surface area contributed by atoms with Crippen molar-refractivity contribution in [2.45, 2.75) is 32.5 Å². The summed E-state index contributed by atoms with van der Waals surface area (Å²) in [5, 5.41) is 0. The first-order valence-corrected chi connectivity index (χ1v) is 3.45. The van der Waals surface area contributed by atoms with Gasteiger partial charge in [0.25, 0.3) is 0 Å². The lowest BCUT2D eigenvalue weighted by Gasteiger charge is -2.05. The van der Waals surface area contributed by atoms with Crippen molar-refractivity contribution < 1.29 is 0 Å². The van der Waals surface area contributed by atoms with E-state index in [1.165, 1.54) is 12.8 Å². The first-order valence-electron chi connectivity index (χ1n) is 3.45. The van der Waals surface area contributed by atoms with Crippen LogP contribution in [-0.2, 0) is 0 Å². The Balaban J connectivity index is 2.39. The first-order chi connectivity index (χ1) is 3.70. The minimum atomic E-state index is 0.491. The smallest absolute Gasteiger partial charge is 0.0703 e. The van der Waals surface area contributed by atoms with Crippen molar-refractivity contribution in [3.05, 3.63) is 0 Å². The maximum atomic E-state index is 5.77. The highest BCUT2D eigenvalue weighted by molar-refractivity contribution is 6.11. The van der Waals surface area contributed by atoms with Crippen LogP contribution in [0.25, 0.3) is 0 Å². The molecule has 0 aromatic rings. The molecular formula is C7H13B. The van der Waals surface area contributed by atoms with Gasteiger partial charge in [0.1, 0.15) is 0 Å². The van der Waals surface area contributed by atoms with Crippen LogP contribution in [0.15, 0.2) is 0 Å². The second kappa shape index (κ2) is 2.12. The van der Waals surface area contributed by atoms with Crippen LogP contribution in [0.5, 0.6) is 0 Å². The molecule has 0 aromatic heterocycles. The summed E-state index contributed by atoms with van der Waals surface area (Å²) in [7, 11) is 5.77. The molecule has 0 nitrogen and oxygen atoms in total. The van der Waals surface area contributed by atoms with Crippen LogP contribution in [0.3, 0.4) is 0 Å². The van der Waals surface area contributed by atoms with Gasteiger partial charge in [0, 0.05) is 0 Å². The van der Waals surface area contributed by atoms with Gasteiger partial charge in [-0.2, -0.15) is 0 Å². The van der Waals surface area contributed by atoms with Crippen LogP contribution in [0, 0.1) is 11.8 Å². The van der Waals surface area contributed by atoms with Crippen molar-refractivity contribution >= 4 is 7.85 Å². The van der Waals surface area contributed by atoms with Crippen LogP contribution >= 0.6 is 0 Å². The zero-order valence-corrected chi connectivity index (χ0v) is 5.72. The predicted octanol–water partition coefficient (Wildman–Crippen LogP) is 2.01. The topological polar surface area (TPSA) is 0 Å². The lowest BCUT2D eigenvalue weighted by Crippen LogP contribution is -1.93. The number of hydrogen-bond donors (Lipinski definition) is 0. The van der Waals surface area contributed by atoms with E-state index >= 15 is 0 Å². The van der Waals surface area contributed by atoms with Crippen LogP contribution < -0.4 is 0 Å². The molecule has 0 aromatic carbocycles. The normalized spacial score (nSPS) is 47.5. The molecule has 0 saturated heterocycles. The average molecular weight is 108 g/mol. The van der Waals surface area contributed by atoms with Gasteiger partial charge in [-0.05, 0) is 18.3 Å². The summed E-state index contributed by atoms with van der Waals surface area (Å²) in [5.41, 5.74) is 0. The van der Waals surface area contributed by atoms with E-state index in [2.05, 4.69) is 13.8 Å². The maximum Gasteiger partial charge on any atom is 0.0703 e. The molecule has 44 valence electrons. The van der Waals surface area contributed by atoms with Gasteiger partial charge in [0.15, 0.2) is 0 Å². The van der Waals surface area contributed by atoms with Gasteiger partial charge < -0.3 is 0 Å². The highest BCUT2D eigenvalue weighted by atomic mass is 14.3. The molecule has 0 aliphatic heterocycles. The van der Waals surface area contributed by atoms with Crippen molar-refractivity contribution in [1.29, 1.82) is 0 Å². The lowest BCUT2D eigenvalue weighted by atomic mass is 9.80. The predicted molar refractivity (Wildman–Crippen MR) is 37.1 cm³/mol. The molecular weight excluding hydrogens is 94.9 g/mol. The molecule has 0 bridgehead atoms. The van der Waals surface area contributed by atoms with Crippen LogP contribution in [0.1, 0.15) is 26.7 Å². The molecule has 1 heteroatoms. The Morgan fingerprint density at radius 2 is 1.88 bits per heavy atom. The third-order valence-corrected chi connectivity index (χ3v) is 2.18. The summed E-state index contributed by atoms with van der Waals surface area (Å²) < 4.78 is 0. The Morgan fingerprint density at radius 1 is 1.25 bits per heavy atom. The molecule has 0 spiro atoms. The Labute approximate surface area is 53.1 Å². The molecule has 0 heterocycles. The minimum absolute atomic E-state index is 0.491. The molecule has 3 unspecified atom stereocenters. The molecule has 2 radical (unpaired) electrons. The van der Waals surface area contributed by atoms with Crippen molar-refractivity contribution in [2.75, 3.05) is 0 Å². The molecule has 1 aliphatic carbocycles. The fourth-order valence-electron chi connectivity index (χ4n) is 1.60. The lowest BCUT2D eigenvalue weighted by molar-refractivity contribution is 0.555. The molecule has 1 fully saturated rings. The zero-order chi connectivity index (χ0) is 6.15. The quantitative estimate of drug-likeness (QED) is 0.416. The minimum Gasteiger partial charge on any atom is -0.0746 e. The summed E-state index contributed by atoms with van der Waals surface area (Å²) in [6, 6.07) is 0. The molecule has 0 N–H and O–H groups in total. The third kappa shape index (κ3) is 1.07. The highest BCUT2D eigenvalue weighted by Crippen LogP contribution is 2.37. The van der Waals surface area contributed by atoms with E-state index in [0.29, 0.717) is 5.82 Å². The Kier molecular flexibility index (Phi) is 1.64. The van der Waals surface area contributed by atoms with Crippen molar-refractivity contribution in [2.24, 2.45) is 11.8 Å². The van der Waals surface area contributed by atoms with Crippen LogP contribution in [0.4, 0.5) is 0 Å². The molecule has 3 atom stereocenters. The third-order valence-electron chi connectivity index (χ3n) is 2.18. The number of rotatable bonds is 0. The Morgan fingerprint density at radius 3 is 2.00 bits per heavy atom. The van der Waals surface area contributed by atoms with Gasteiger partial charge in [0.2, 0.25) is 0 Å². The van der Waals surface area contributed by atoms with Gasteiger partial charge in [-0.3, -0.25) is 0 Å². The standard InChI is InChI=1S/C7H13B/c1-5-3-6(2)7(8)4-5/h5-7H,3-4H2,1-2H3. The SMILES string of the molecule is [B]C1CC(C)CC1C. The van der Waals surface area contributed by atoms with Gasteiger partial charge in [-0.15, -0.1) is 0 Å². The van der Waals surface area contributed by atoms with E-state index in [0.717, 1.165) is 11.8 Å². The second-order valence-corrected chi connectivity index (χ2v) is 3.22. The zero-order valence-electron chi connectivity index (χ0n) is 5.72. The van der Waals surface area contributed by atoms with Gasteiger partial charge in [-0.1, -0.05) is 26.1 Å². The molecule has 1 saturated carbocycles. The van der Waals surface area contributed by atoms with Crippen LogP contribution in [-0.4, -0.2) is 7.85 Å².